The van der Waals surface area contributed by atoms with Crippen molar-refractivity contribution in [1.29, 1.82) is 0 Å². The normalized spacial score (nSPS) is 11.1. The van der Waals surface area contributed by atoms with Crippen LogP contribution in [0.15, 0.2) is 58.3 Å². The molecule has 134 valence electrons. The summed E-state index contributed by atoms with van der Waals surface area (Å²) in [5.74, 6) is 0.289. The summed E-state index contributed by atoms with van der Waals surface area (Å²) in [7, 11) is -3.72. The fourth-order valence-corrected chi connectivity index (χ4v) is 3.09. The maximum atomic E-state index is 11.6. The Morgan fingerprint density at radius 1 is 1.04 bits per heavy atom. The summed E-state index contributed by atoms with van der Waals surface area (Å²) in [6, 6.07) is 12.8. The molecule has 2 aromatic rings. The molecule has 0 saturated heterocycles. The minimum atomic E-state index is -3.72. The van der Waals surface area contributed by atoms with E-state index in [2.05, 4.69) is 0 Å². The molecule has 2 N–H and O–H groups in total. The van der Waals surface area contributed by atoms with Gasteiger partial charge in [0.2, 0.25) is 10.0 Å². The number of benzene rings is 2. The van der Waals surface area contributed by atoms with Crippen LogP contribution in [0, 0.1) is 0 Å². The lowest BCUT2D eigenvalue weighted by atomic mass is 10.3. The van der Waals surface area contributed by atoms with Crippen molar-refractivity contribution in [2.24, 2.45) is 5.14 Å². The van der Waals surface area contributed by atoms with Crippen molar-refractivity contribution < 1.29 is 22.7 Å². The number of nitrogens with two attached hydrogens (primary N) is 1. The van der Waals surface area contributed by atoms with E-state index >= 15 is 0 Å². The molecule has 2 rings (SSSR count). The standard InChI is InChI=1S/C16H16ClNO5S2/c17-12-1-5-14(6-2-12)24-11-16(19)23-10-9-22-13-3-7-15(8-4-13)25(18,20)21/h1-8H,9-11H2,(H2,18,20,21). The summed E-state index contributed by atoms with van der Waals surface area (Å²) in [5, 5.41) is 5.65. The highest BCUT2D eigenvalue weighted by Crippen LogP contribution is 2.20. The Labute approximate surface area is 155 Å². The van der Waals surface area contributed by atoms with Crippen LogP contribution in [0.3, 0.4) is 0 Å². The summed E-state index contributed by atoms with van der Waals surface area (Å²) in [6.07, 6.45) is 0. The summed E-state index contributed by atoms with van der Waals surface area (Å²) in [4.78, 5) is 12.6. The summed E-state index contributed by atoms with van der Waals surface area (Å²) in [5.41, 5.74) is 0. The highest BCUT2D eigenvalue weighted by Gasteiger charge is 2.07. The number of primary sulfonamides is 1. The quantitative estimate of drug-likeness (QED) is 0.415. The van der Waals surface area contributed by atoms with E-state index in [0.29, 0.717) is 10.8 Å². The predicted octanol–water partition coefficient (Wildman–Crippen LogP) is 2.70. The van der Waals surface area contributed by atoms with E-state index in [-0.39, 0.29) is 29.8 Å². The highest BCUT2D eigenvalue weighted by molar-refractivity contribution is 8.00. The van der Waals surface area contributed by atoms with Crippen molar-refractivity contribution >= 4 is 39.4 Å². The molecule has 0 fully saturated rings. The van der Waals surface area contributed by atoms with Crippen LogP contribution in [0.25, 0.3) is 0 Å². The lowest BCUT2D eigenvalue weighted by Crippen LogP contribution is -2.14. The molecule has 0 spiro atoms. The lowest BCUT2D eigenvalue weighted by Gasteiger charge is -2.08. The number of hydrogen-bond donors (Lipinski definition) is 1. The van der Waals surface area contributed by atoms with Gasteiger partial charge in [-0.3, -0.25) is 4.79 Å². The summed E-state index contributed by atoms with van der Waals surface area (Å²) in [6.45, 7) is 0.253. The van der Waals surface area contributed by atoms with Gasteiger partial charge in [-0.1, -0.05) is 11.6 Å². The molecular formula is C16H16ClNO5S2. The van der Waals surface area contributed by atoms with Gasteiger partial charge in [-0.05, 0) is 48.5 Å². The number of halogens is 1. The van der Waals surface area contributed by atoms with E-state index in [1.807, 2.05) is 12.1 Å². The summed E-state index contributed by atoms with van der Waals surface area (Å²) >= 11 is 7.14. The van der Waals surface area contributed by atoms with E-state index < -0.39 is 10.0 Å². The molecule has 0 aromatic heterocycles. The van der Waals surface area contributed by atoms with Gasteiger partial charge in [0.15, 0.2) is 0 Å². The van der Waals surface area contributed by atoms with Crippen LogP contribution >= 0.6 is 23.4 Å². The van der Waals surface area contributed by atoms with Gasteiger partial charge in [0.1, 0.15) is 19.0 Å². The number of esters is 1. The Bertz CT molecular complexity index is 807. The van der Waals surface area contributed by atoms with Gasteiger partial charge in [0, 0.05) is 9.92 Å². The van der Waals surface area contributed by atoms with E-state index in [1.165, 1.54) is 36.0 Å². The van der Waals surface area contributed by atoms with Crippen molar-refractivity contribution in [2.45, 2.75) is 9.79 Å². The zero-order chi connectivity index (χ0) is 18.3. The molecule has 0 amide bonds. The van der Waals surface area contributed by atoms with Crippen LogP contribution in [-0.4, -0.2) is 33.4 Å². The number of ether oxygens (including phenoxy) is 2. The average Bonchev–Trinajstić information content (AvgIpc) is 2.58. The van der Waals surface area contributed by atoms with Crippen LogP contribution in [-0.2, 0) is 19.6 Å². The SMILES string of the molecule is NS(=O)(=O)c1ccc(OCCOC(=O)CSc2ccc(Cl)cc2)cc1. The molecule has 0 saturated carbocycles. The molecule has 25 heavy (non-hydrogen) atoms. The maximum absolute atomic E-state index is 11.6. The van der Waals surface area contributed by atoms with Gasteiger partial charge >= 0.3 is 5.97 Å². The Hall–Kier alpha value is -1.74. The molecule has 0 aliphatic rings. The van der Waals surface area contributed by atoms with Crippen LogP contribution in [0.4, 0.5) is 0 Å². The van der Waals surface area contributed by atoms with Gasteiger partial charge in [-0.25, -0.2) is 13.6 Å². The lowest BCUT2D eigenvalue weighted by molar-refractivity contribution is -0.141. The van der Waals surface area contributed by atoms with E-state index in [1.54, 1.807) is 12.1 Å². The first-order chi connectivity index (χ1) is 11.8. The molecule has 0 unspecified atom stereocenters. The molecule has 0 aliphatic heterocycles. The third kappa shape index (κ3) is 6.95. The van der Waals surface area contributed by atoms with E-state index in [9.17, 15) is 13.2 Å². The van der Waals surface area contributed by atoms with Crippen molar-refractivity contribution in [1.82, 2.24) is 0 Å². The van der Waals surface area contributed by atoms with Gasteiger partial charge in [-0.2, -0.15) is 0 Å². The highest BCUT2D eigenvalue weighted by atomic mass is 35.5. The summed E-state index contributed by atoms with van der Waals surface area (Å²) < 4.78 is 32.7. The smallest absolute Gasteiger partial charge is 0.316 e. The van der Waals surface area contributed by atoms with Gasteiger partial charge in [0.25, 0.3) is 0 Å². The van der Waals surface area contributed by atoms with Crippen molar-refractivity contribution in [2.75, 3.05) is 19.0 Å². The van der Waals surface area contributed by atoms with Crippen LogP contribution < -0.4 is 9.88 Å². The fraction of sp³-hybridized carbons (Fsp3) is 0.188. The zero-order valence-electron chi connectivity index (χ0n) is 13.1. The second-order valence-electron chi connectivity index (χ2n) is 4.83. The minimum absolute atomic E-state index is 0.00509. The van der Waals surface area contributed by atoms with E-state index in [0.717, 1.165) is 4.90 Å². The molecule has 0 atom stereocenters. The second-order valence-corrected chi connectivity index (χ2v) is 7.87. The average molecular weight is 402 g/mol. The molecule has 2 aromatic carbocycles. The number of thioether (sulfide) groups is 1. The third-order valence-electron chi connectivity index (χ3n) is 2.94. The monoisotopic (exact) mass is 401 g/mol. The van der Waals surface area contributed by atoms with Crippen LogP contribution in [0.5, 0.6) is 5.75 Å². The number of hydrogen-bond acceptors (Lipinski definition) is 6. The third-order valence-corrected chi connectivity index (χ3v) is 5.10. The van der Waals surface area contributed by atoms with Gasteiger partial charge in [-0.15, -0.1) is 11.8 Å². The maximum Gasteiger partial charge on any atom is 0.316 e. The first-order valence-corrected chi connectivity index (χ1v) is 10.1. The van der Waals surface area contributed by atoms with E-state index in [4.69, 9.17) is 26.2 Å². The Morgan fingerprint density at radius 2 is 1.68 bits per heavy atom. The number of carbonyl (C=O) groups is 1. The number of sulfonamides is 1. The van der Waals surface area contributed by atoms with Crippen LogP contribution in [0.2, 0.25) is 5.02 Å². The van der Waals surface area contributed by atoms with Crippen molar-refractivity contribution in [3.05, 3.63) is 53.6 Å². The van der Waals surface area contributed by atoms with Gasteiger partial charge < -0.3 is 9.47 Å². The Kier molecular flexibility index (Phi) is 7.12. The predicted molar refractivity (Wildman–Crippen MR) is 96.4 cm³/mol. The first-order valence-electron chi connectivity index (χ1n) is 7.14. The number of rotatable bonds is 8. The Balaban J connectivity index is 1.66. The fourth-order valence-electron chi connectivity index (χ4n) is 1.76. The number of carbonyl (C=O) groups excluding carboxylic acids is 1. The second kappa shape index (κ2) is 9.10. The minimum Gasteiger partial charge on any atom is -0.490 e. The van der Waals surface area contributed by atoms with Crippen molar-refractivity contribution in [3.63, 3.8) is 0 Å². The van der Waals surface area contributed by atoms with Gasteiger partial charge in [0.05, 0.1) is 10.6 Å². The molecule has 0 heterocycles. The largest absolute Gasteiger partial charge is 0.490 e. The van der Waals surface area contributed by atoms with Crippen LogP contribution in [0.1, 0.15) is 0 Å². The molecule has 0 aliphatic carbocycles. The zero-order valence-corrected chi connectivity index (χ0v) is 15.4. The molecular weight excluding hydrogens is 386 g/mol. The first kappa shape index (κ1) is 19.6. The molecule has 0 radical (unpaired) electrons. The molecule has 6 nitrogen and oxygen atoms in total. The topological polar surface area (TPSA) is 95.7 Å². The van der Waals surface area contributed by atoms with Crippen molar-refractivity contribution in [3.8, 4) is 5.75 Å². The molecule has 9 heteroatoms. The molecule has 0 bridgehead atoms. The Morgan fingerprint density at radius 3 is 2.28 bits per heavy atom.